The number of carbonyl (C=O) groups is 1. The Morgan fingerprint density at radius 1 is 1.32 bits per heavy atom. The third-order valence-electron chi connectivity index (χ3n) is 5.01. The van der Waals surface area contributed by atoms with Crippen molar-refractivity contribution in [1.29, 1.82) is 0 Å². The van der Waals surface area contributed by atoms with E-state index in [-0.39, 0.29) is 18.4 Å². The molecule has 3 rings (SSSR count). The fourth-order valence-electron chi connectivity index (χ4n) is 3.57. The van der Waals surface area contributed by atoms with E-state index < -0.39 is 0 Å². The van der Waals surface area contributed by atoms with E-state index in [0.717, 1.165) is 42.0 Å². The largest absolute Gasteiger partial charge is 0.497 e. The van der Waals surface area contributed by atoms with Crippen molar-refractivity contribution in [2.45, 2.75) is 18.8 Å². The number of rotatable bonds is 6. The standard InChI is InChI=1S/C21H28N4O3/c1-24(2)21-22-12-18(15-7-5-9-17(11-15)28-4)20(23-21)16-8-6-10-25(13-16)19(26)14-27-3/h5,7,9,11-12,16H,6,8,10,13-14H2,1-4H3/t16-/m1/s1. The quantitative estimate of drug-likeness (QED) is 0.763. The molecule has 0 unspecified atom stereocenters. The molecule has 7 heteroatoms. The van der Waals surface area contributed by atoms with Crippen LogP contribution < -0.4 is 9.64 Å². The van der Waals surface area contributed by atoms with E-state index in [1.807, 2.05) is 54.4 Å². The molecule has 150 valence electrons. The Bertz CT molecular complexity index is 825. The van der Waals surface area contributed by atoms with Gasteiger partial charge in [-0.3, -0.25) is 4.79 Å². The first-order valence-corrected chi connectivity index (χ1v) is 9.49. The van der Waals surface area contributed by atoms with Crippen LogP contribution >= 0.6 is 0 Å². The van der Waals surface area contributed by atoms with Crippen LogP contribution in [0.5, 0.6) is 5.75 Å². The van der Waals surface area contributed by atoms with E-state index in [1.54, 1.807) is 14.2 Å². The second-order valence-electron chi connectivity index (χ2n) is 7.21. The van der Waals surface area contributed by atoms with Crippen molar-refractivity contribution in [2.24, 2.45) is 0 Å². The molecule has 1 aromatic heterocycles. The van der Waals surface area contributed by atoms with Gasteiger partial charge < -0.3 is 19.3 Å². The van der Waals surface area contributed by atoms with Gasteiger partial charge in [-0.1, -0.05) is 12.1 Å². The number of amides is 1. The summed E-state index contributed by atoms with van der Waals surface area (Å²) < 4.78 is 10.4. The van der Waals surface area contributed by atoms with E-state index in [0.29, 0.717) is 12.5 Å². The Morgan fingerprint density at radius 3 is 2.86 bits per heavy atom. The highest BCUT2D eigenvalue weighted by molar-refractivity contribution is 5.77. The molecule has 1 aliphatic heterocycles. The fraction of sp³-hybridized carbons (Fsp3) is 0.476. The summed E-state index contributed by atoms with van der Waals surface area (Å²) in [4.78, 5) is 25.5. The van der Waals surface area contributed by atoms with Gasteiger partial charge in [-0.25, -0.2) is 9.97 Å². The number of nitrogens with zero attached hydrogens (tertiary/aromatic N) is 4. The van der Waals surface area contributed by atoms with Crippen molar-refractivity contribution in [3.8, 4) is 16.9 Å². The van der Waals surface area contributed by atoms with E-state index in [4.69, 9.17) is 14.5 Å². The highest BCUT2D eigenvalue weighted by atomic mass is 16.5. The summed E-state index contributed by atoms with van der Waals surface area (Å²) in [6.07, 6.45) is 3.80. The number of carbonyl (C=O) groups excluding carboxylic acids is 1. The number of hydrogen-bond donors (Lipinski definition) is 0. The summed E-state index contributed by atoms with van der Waals surface area (Å²) in [5.74, 6) is 1.64. The normalized spacial score (nSPS) is 16.7. The zero-order valence-corrected chi connectivity index (χ0v) is 17.0. The maximum Gasteiger partial charge on any atom is 0.248 e. The van der Waals surface area contributed by atoms with Crippen molar-refractivity contribution in [3.63, 3.8) is 0 Å². The average molecular weight is 384 g/mol. The molecule has 1 aromatic carbocycles. The van der Waals surface area contributed by atoms with Gasteiger partial charge in [0.2, 0.25) is 11.9 Å². The molecule has 1 aliphatic rings. The Morgan fingerprint density at radius 2 is 2.14 bits per heavy atom. The first-order chi connectivity index (χ1) is 13.5. The summed E-state index contributed by atoms with van der Waals surface area (Å²) in [6.45, 7) is 1.52. The van der Waals surface area contributed by atoms with Crippen LogP contribution in [0, 0.1) is 0 Å². The third-order valence-corrected chi connectivity index (χ3v) is 5.01. The number of hydrogen-bond acceptors (Lipinski definition) is 6. The molecule has 28 heavy (non-hydrogen) atoms. The minimum absolute atomic E-state index is 0.0250. The topological polar surface area (TPSA) is 67.8 Å². The average Bonchev–Trinajstić information content (AvgIpc) is 2.73. The van der Waals surface area contributed by atoms with Crippen molar-refractivity contribution in [3.05, 3.63) is 36.2 Å². The van der Waals surface area contributed by atoms with Crippen molar-refractivity contribution >= 4 is 11.9 Å². The van der Waals surface area contributed by atoms with E-state index in [9.17, 15) is 4.79 Å². The Labute approximate surface area is 166 Å². The number of methoxy groups -OCH3 is 2. The Hall–Kier alpha value is -2.67. The second-order valence-corrected chi connectivity index (χ2v) is 7.21. The minimum atomic E-state index is 0.0250. The predicted molar refractivity (Wildman–Crippen MR) is 109 cm³/mol. The lowest BCUT2D eigenvalue weighted by Gasteiger charge is -2.33. The third kappa shape index (κ3) is 4.42. The molecular weight excluding hydrogens is 356 g/mol. The predicted octanol–water partition coefficient (Wildman–Crippen LogP) is 2.57. The van der Waals surface area contributed by atoms with Gasteiger partial charge in [0.1, 0.15) is 12.4 Å². The summed E-state index contributed by atoms with van der Waals surface area (Å²) in [5.41, 5.74) is 2.97. The Kier molecular flexibility index (Phi) is 6.46. The van der Waals surface area contributed by atoms with Gasteiger partial charge in [-0.05, 0) is 30.5 Å². The van der Waals surface area contributed by atoms with Gasteiger partial charge in [0, 0.05) is 52.0 Å². The lowest BCUT2D eigenvalue weighted by atomic mass is 9.90. The van der Waals surface area contributed by atoms with Crippen LogP contribution in [0.2, 0.25) is 0 Å². The van der Waals surface area contributed by atoms with Crippen LogP contribution in [0.25, 0.3) is 11.1 Å². The van der Waals surface area contributed by atoms with Gasteiger partial charge in [0.15, 0.2) is 0 Å². The molecule has 0 saturated carbocycles. The number of piperidine rings is 1. The molecule has 1 fully saturated rings. The van der Waals surface area contributed by atoms with Crippen LogP contribution in [0.3, 0.4) is 0 Å². The van der Waals surface area contributed by atoms with Crippen molar-refractivity contribution in [1.82, 2.24) is 14.9 Å². The zero-order valence-electron chi connectivity index (χ0n) is 17.0. The minimum Gasteiger partial charge on any atom is -0.497 e. The molecule has 2 heterocycles. The lowest BCUT2D eigenvalue weighted by molar-refractivity contribution is -0.136. The molecule has 7 nitrogen and oxygen atoms in total. The maximum absolute atomic E-state index is 12.3. The number of ether oxygens (including phenoxy) is 2. The van der Waals surface area contributed by atoms with Gasteiger partial charge >= 0.3 is 0 Å². The Balaban J connectivity index is 1.99. The van der Waals surface area contributed by atoms with Crippen LogP contribution in [-0.4, -0.2) is 68.8 Å². The van der Waals surface area contributed by atoms with Crippen molar-refractivity contribution in [2.75, 3.05) is 52.9 Å². The van der Waals surface area contributed by atoms with Crippen LogP contribution in [-0.2, 0) is 9.53 Å². The number of aromatic nitrogens is 2. The SMILES string of the molecule is COCC(=O)N1CCC[C@@H](c2nc(N(C)C)ncc2-c2cccc(OC)c2)C1. The molecular formula is C21H28N4O3. The summed E-state index contributed by atoms with van der Waals surface area (Å²) in [7, 11) is 7.07. The van der Waals surface area contributed by atoms with E-state index in [1.165, 1.54) is 0 Å². The van der Waals surface area contributed by atoms with Gasteiger partial charge in [-0.2, -0.15) is 0 Å². The van der Waals surface area contributed by atoms with Gasteiger partial charge in [0.25, 0.3) is 0 Å². The zero-order chi connectivity index (χ0) is 20.1. The van der Waals surface area contributed by atoms with Crippen LogP contribution in [0.4, 0.5) is 5.95 Å². The molecule has 1 saturated heterocycles. The summed E-state index contributed by atoms with van der Waals surface area (Å²) in [5, 5.41) is 0. The van der Waals surface area contributed by atoms with E-state index in [2.05, 4.69) is 4.98 Å². The summed E-state index contributed by atoms with van der Waals surface area (Å²) in [6, 6.07) is 7.92. The lowest BCUT2D eigenvalue weighted by Crippen LogP contribution is -2.41. The number of anilines is 1. The van der Waals surface area contributed by atoms with E-state index >= 15 is 0 Å². The fourth-order valence-corrected chi connectivity index (χ4v) is 3.57. The molecule has 0 spiro atoms. The molecule has 0 aliphatic carbocycles. The molecule has 1 amide bonds. The highest BCUT2D eigenvalue weighted by Gasteiger charge is 2.28. The first-order valence-electron chi connectivity index (χ1n) is 9.49. The molecule has 0 bridgehead atoms. The monoisotopic (exact) mass is 384 g/mol. The molecule has 2 aromatic rings. The van der Waals surface area contributed by atoms with Crippen LogP contribution in [0.1, 0.15) is 24.5 Å². The number of likely N-dealkylation sites (tertiary alicyclic amines) is 1. The second kappa shape index (κ2) is 9.01. The van der Waals surface area contributed by atoms with Crippen LogP contribution in [0.15, 0.2) is 30.5 Å². The summed E-state index contributed by atoms with van der Waals surface area (Å²) >= 11 is 0. The first kappa shape index (κ1) is 20.1. The maximum atomic E-state index is 12.3. The molecule has 1 atom stereocenters. The molecule has 0 radical (unpaired) electrons. The smallest absolute Gasteiger partial charge is 0.248 e. The highest BCUT2D eigenvalue weighted by Crippen LogP contribution is 2.35. The molecule has 0 N–H and O–H groups in total. The van der Waals surface area contributed by atoms with Gasteiger partial charge in [-0.15, -0.1) is 0 Å². The van der Waals surface area contributed by atoms with Gasteiger partial charge in [0.05, 0.1) is 12.8 Å². The van der Waals surface area contributed by atoms with Crippen molar-refractivity contribution < 1.29 is 14.3 Å². The number of benzene rings is 1.